The van der Waals surface area contributed by atoms with Crippen LogP contribution in [0.15, 0.2) is 29.8 Å². The molecule has 1 fully saturated rings. The molecule has 0 saturated heterocycles. The summed E-state index contributed by atoms with van der Waals surface area (Å²) in [7, 11) is -3.80. The lowest BCUT2D eigenvalue weighted by atomic mass is 9.90. The second kappa shape index (κ2) is 9.32. The Morgan fingerprint density at radius 1 is 1.35 bits per heavy atom. The van der Waals surface area contributed by atoms with Crippen molar-refractivity contribution in [3.05, 3.63) is 46.6 Å². The molecule has 1 unspecified atom stereocenters. The minimum Gasteiger partial charge on any atom is -0.396 e. The molecule has 3 N–H and O–H groups in total. The third-order valence-corrected chi connectivity index (χ3v) is 9.31. The second-order valence-electron chi connectivity index (χ2n) is 9.52. The van der Waals surface area contributed by atoms with Gasteiger partial charge in [-0.1, -0.05) is 49.7 Å². The number of fused-ring (bicyclic) bond motifs is 1. The number of anilines is 3. The number of aromatic nitrogens is 1. The van der Waals surface area contributed by atoms with Crippen molar-refractivity contribution in [1.82, 2.24) is 4.98 Å². The summed E-state index contributed by atoms with van der Waals surface area (Å²) in [5, 5.41) is 13.0. The third kappa shape index (κ3) is 4.59. The summed E-state index contributed by atoms with van der Waals surface area (Å²) in [6.07, 6.45) is 5.43. The van der Waals surface area contributed by atoms with Crippen molar-refractivity contribution < 1.29 is 13.5 Å². The van der Waals surface area contributed by atoms with Crippen molar-refractivity contribution in [1.29, 1.82) is 0 Å². The average molecular weight is 503 g/mol. The summed E-state index contributed by atoms with van der Waals surface area (Å²) in [4.78, 5) is 9.32. The number of hydrogen-bond acceptors (Lipinski definition) is 6. The number of nitrogens with one attached hydrogen (secondary N) is 2. The predicted molar refractivity (Wildman–Crippen MR) is 140 cm³/mol. The van der Waals surface area contributed by atoms with Gasteiger partial charge in [-0.15, -0.1) is 0 Å². The first-order valence-corrected chi connectivity index (χ1v) is 13.4. The molecule has 0 radical (unpaired) electrons. The van der Waals surface area contributed by atoms with E-state index in [4.69, 9.17) is 16.6 Å². The van der Waals surface area contributed by atoms with Gasteiger partial charge in [-0.05, 0) is 56.2 Å². The first-order chi connectivity index (χ1) is 16.1. The van der Waals surface area contributed by atoms with Gasteiger partial charge in [-0.3, -0.25) is 9.71 Å². The summed E-state index contributed by atoms with van der Waals surface area (Å²) >= 11 is 6.84. The Morgan fingerprint density at radius 2 is 2.09 bits per heavy atom. The largest absolute Gasteiger partial charge is 0.396 e. The fourth-order valence-corrected chi connectivity index (χ4v) is 6.15. The number of halogens is 1. The topological polar surface area (TPSA) is 104 Å². The molecule has 9 heteroatoms. The first kappa shape index (κ1) is 24.7. The van der Waals surface area contributed by atoms with E-state index < -0.39 is 14.8 Å². The first-order valence-electron chi connectivity index (χ1n) is 11.5. The van der Waals surface area contributed by atoms with E-state index in [1.807, 2.05) is 31.3 Å². The number of sulfonamides is 1. The third-order valence-electron chi connectivity index (χ3n) is 6.73. The smallest absolute Gasteiger partial charge is 0.239 e. The number of aliphatic hydroxyl groups is 1. The second-order valence-corrected chi connectivity index (χ2v) is 12.0. The highest BCUT2D eigenvalue weighted by molar-refractivity contribution is 7.94. The van der Waals surface area contributed by atoms with Gasteiger partial charge >= 0.3 is 0 Å². The maximum Gasteiger partial charge on any atom is 0.239 e. The molecule has 2 heterocycles. The van der Waals surface area contributed by atoms with Crippen LogP contribution in [-0.4, -0.2) is 36.1 Å². The summed E-state index contributed by atoms with van der Waals surface area (Å²) < 4.78 is 28.4. The number of hydrogen-bond donors (Lipinski definition) is 3. The lowest BCUT2D eigenvalue weighted by Gasteiger charge is -2.25. The molecule has 2 aliphatic rings. The van der Waals surface area contributed by atoms with Gasteiger partial charge in [0.2, 0.25) is 10.0 Å². The molecule has 7 nitrogen and oxygen atoms in total. The molecule has 1 aliphatic heterocycles. The van der Waals surface area contributed by atoms with E-state index in [9.17, 15) is 13.5 Å². The van der Waals surface area contributed by atoms with Crippen LogP contribution in [0.3, 0.4) is 0 Å². The van der Waals surface area contributed by atoms with Crippen molar-refractivity contribution in [2.75, 3.05) is 16.6 Å². The van der Waals surface area contributed by atoms with Crippen molar-refractivity contribution >= 4 is 56.8 Å². The van der Waals surface area contributed by atoms with Gasteiger partial charge in [0.15, 0.2) is 5.82 Å². The van der Waals surface area contributed by atoms with Crippen LogP contribution in [0.2, 0.25) is 5.02 Å². The van der Waals surface area contributed by atoms with E-state index in [0.29, 0.717) is 47.3 Å². The highest BCUT2D eigenvalue weighted by Crippen LogP contribution is 2.49. The summed E-state index contributed by atoms with van der Waals surface area (Å²) in [5.41, 5.74) is 4.20. The molecule has 1 saturated carbocycles. The highest BCUT2D eigenvalue weighted by atomic mass is 35.5. The molecule has 0 spiro atoms. The van der Waals surface area contributed by atoms with Crippen molar-refractivity contribution in [2.24, 2.45) is 16.8 Å². The molecule has 34 heavy (non-hydrogen) atoms. The van der Waals surface area contributed by atoms with Crippen molar-refractivity contribution in [3.8, 4) is 0 Å². The number of aliphatic imine (C=N–C) groups is 1. The number of nitrogens with zero attached hydrogens (tertiary/aromatic N) is 2. The number of benzene rings is 1. The normalized spacial score (nSPS) is 18.5. The Bertz CT molecular complexity index is 1250. The van der Waals surface area contributed by atoms with Gasteiger partial charge in [0.05, 0.1) is 15.5 Å². The Morgan fingerprint density at radius 3 is 2.71 bits per heavy atom. The zero-order valence-electron chi connectivity index (χ0n) is 19.7. The molecule has 0 amide bonds. The van der Waals surface area contributed by atoms with Gasteiger partial charge in [-0.25, -0.2) is 13.4 Å². The summed E-state index contributed by atoms with van der Waals surface area (Å²) in [5.74, 6) is 0.688. The zero-order valence-corrected chi connectivity index (χ0v) is 21.3. The molecule has 1 aromatic heterocycles. The Kier molecular flexibility index (Phi) is 6.77. The quantitative estimate of drug-likeness (QED) is 0.413. The van der Waals surface area contributed by atoms with Gasteiger partial charge in [0, 0.05) is 24.4 Å². The SMILES string of the molecule is C=Cc1cc(C)ccc1Nc1c(NS(=O)(=O)C2(CCO)CC2)nc2c(c1Cl)N=CC(C(C)C)C2. The number of pyridine rings is 1. The van der Waals surface area contributed by atoms with Crippen LogP contribution >= 0.6 is 11.6 Å². The lowest BCUT2D eigenvalue weighted by molar-refractivity contribution is 0.283. The van der Waals surface area contributed by atoms with Crippen LogP contribution in [0, 0.1) is 18.8 Å². The molecule has 4 rings (SSSR count). The maximum absolute atomic E-state index is 13.3. The molecule has 1 atom stereocenters. The highest BCUT2D eigenvalue weighted by Gasteiger charge is 2.54. The van der Waals surface area contributed by atoms with Gasteiger partial charge in [0.1, 0.15) is 11.4 Å². The molecular weight excluding hydrogens is 472 g/mol. The number of rotatable bonds is 9. The Balaban J connectivity index is 1.82. The average Bonchev–Trinajstić information content (AvgIpc) is 3.58. The van der Waals surface area contributed by atoms with E-state index in [1.165, 1.54) is 0 Å². The standard InChI is InChI=1S/C25H31ClN4O3S/c1-5-17-12-16(4)6-7-19(17)28-23-21(26)22-20(13-18(14-27-22)15(2)3)29-24(23)30-34(32,33)25(8-9-25)10-11-31/h5-7,12,14-15,18,28,31H,1,8-11,13H2,2-4H3,(H,29,30). The van der Waals surface area contributed by atoms with Crippen LogP contribution in [0.1, 0.15) is 49.9 Å². The Hall–Kier alpha value is -2.42. The lowest BCUT2D eigenvalue weighted by Crippen LogP contribution is -2.31. The molecule has 182 valence electrons. The van der Waals surface area contributed by atoms with Crippen LogP contribution in [0.4, 0.5) is 22.9 Å². The van der Waals surface area contributed by atoms with Gasteiger partial charge < -0.3 is 10.4 Å². The number of aliphatic hydroxyl groups excluding tert-OH is 1. The predicted octanol–water partition coefficient (Wildman–Crippen LogP) is 5.62. The molecule has 2 aromatic rings. The zero-order chi connectivity index (χ0) is 24.7. The Labute approximate surface area is 206 Å². The fourth-order valence-electron chi connectivity index (χ4n) is 4.24. The maximum atomic E-state index is 13.3. The van der Waals surface area contributed by atoms with Gasteiger partial charge in [0.25, 0.3) is 0 Å². The molecule has 1 aromatic carbocycles. The van der Waals surface area contributed by atoms with Crippen LogP contribution in [0.5, 0.6) is 0 Å². The van der Waals surface area contributed by atoms with Gasteiger partial charge in [-0.2, -0.15) is 0 Å². The van der Waals surface area contributed by atoms with Crippen LogP contribution in [0.25, 0.3) is 6.08 Å². The summed E-state index contributed by atoms with van der Waals surface area (Å²) in [6, 6.07) is 5.82. The minimum absolute atomic E-state index is 0.142. The van der Waals surface area contributed by atoms with Crippen LogP contribution < -0.4 is 10.0 Å². The number of aryl methyl sites for hydroxylation is 1. The van der Waals surface area contributed by atoms with Crippen molar-refractivity contribution in [2.45, 2.75) is 51.2 Å². The monoisotopic (exact) mass is 502 g/mol. The molecular formula is C25H31ClN4O3S. The van der Waals surface area contributed by atoms with E-state index in [0.717, 1.165) is 16.8 Å². The van der Waals surface area contributed by atoms with Crippen molar-refractivity contribution in [3.63, 3.8) is 0 Å². The summed E-state index contributed by atoms with van der Waals surface area (Å²) in [6.45, 7) is 9.91. The van der Waals surface area contributed by atoms with E-state index in [-0.39, 0.29) is 24.8 Å². The molecule has 1 aliphatic carbocycles. The van der Waals surface area contributed by atoms with E-state index in [1.54, 1.807) is 6.08 Å². The van der Waals surface area contributed by atoms with Crippen LogP contribution in [-0.2, 0) is 16.4 Å². The fraction of sp³-hybridized carbons (Fsp3) is 0.440. The minimum atomic E-state index is -3.80. The molecule has 0 bridgehead atoms. The van der Waals surface area contributed by atoms with E-state index >= 15 is 0 Å². The van der Waals surface area contributed by atoms with E-state index in [2.05, 4.69) is 35.5 Å².